The SMILES string of the molecule is O=C(O)c1ccccc1-c1c[c]ccc1. The molecule has 0 aromatic heterocycles. The lowest BCUT2D eigenvalue weighted by Crippen LogP contribution is -1.98. The van der Waals surface area contributed by atoms with Crippen LogP contribution in [0, 0.1) is 6.07 Å². The van der Waals surface area contributed by atoms with Crippen LogP contribution in [-0.2, 0) is 0 Å². The van der Waals surface area contributed by atoms with Crippen LogP contribution < -0.4 is 0 Å². The first-order valence-corrected chi connectivity index (χ1v) is 4.58. The zero-order chi connectivity index (χ0) is 10.7. The van der Waals surface area contributed by atoms with Crippen LogP contribution in [0.1, 0.15) is 10.4 Å². The van der Waals surface area contributed by atoms with E-state index in [4.69, 9.17) is 5.11 Å². The Hall–Kier alpha value is -2.09. The lowest BCUT2D eigenvalue weighted by Gasteiger charge is -2.04. The molecule has 0 fully saturated rings. The maximum absolute atomic E-state index is 11.0. The van der Waals surface area contributed by atoms with Crippen molar-refractivity contribution in [2.45, 2.75) is 0 Å². The first-order chi connectivity index (χ1) is 7.29. The summed E-state index contributed by atoms with van der Waals surface area (Å²) in [6.45, 7) is 0. The van der Waals surface area contributed by atoms with Crippen molar-refractivity contribution in [2.75, 3.05) is 0 Å². The van der Waals surface area contributed by atoms with Crippen molar-refractivity contribution in [2.24, 2.45) is 0 Å². The van der Waals surface area contributed by atoms with E-state index in [1.54, 1.807) is 30.3 Å². The number of hydrogen-bond donors (Lipinski definition) is 1. The molecule has 0 heterocycles. The Bertz CT molecular complexity index is 475. The van der Waals surface area contributed by atoms with Crippen LogP contribution >= 0.6 is 0 Å². The molecule has 0 aliphatic carbocycles. The second-order valence-corrected chi connectivity index (χ2v) is 3.14. The minimum absolute atomic E-state index is 0.317. The van der Waals surface area contributed by atoms with Gasteiger partial charge in [0.1, 0.15) is 0 Å². The maximum atomic E-state index is 11.0. The van der Waals surface area contributed by atoms with Gasteiger partial charge in [-0.25, -0.2) is 4.79 Å². The lowest BCUT2D eigenvalue weighted by molar-refractivity contribution is 0.0698. The number of benzene rings is 2. The highest BCUT2D eigenvalue weighted by Crippen LogP contribution is 2.22. The molecule has 2 rings (SSSR count). The Morgan fingerprint density at radius 3 is 2.60 bits per heavy atom. The summed E-state index contributed by atoms with van der Waals surface area (Å²) in [7, 11) is 0. The molecule has 0 amide bonds. The molecule has 1 radical (unpaired) electrons. The second-order valence-electron chi connectivity index (χ2n) is 3.14. The van der Waals surface area contributed by atoms with E-state index in [9.17, 15) is 4.79 Å². The van der Waals surface area contributed by atoms with Gasteiger partial charge in [-0.1, -0.05) is 36.4 Å². The molecule has 1 N–H and O–H groups in total. The zero-order valence-electron chi connectivity index (χ0n) is 7.97. The van der Waals surface area contributed by atoms with Gasteiger partial charge in [0.15, 0.2) is 0 Å². The molecule has 0 unspecified atom stereocenters. The van der Waals surface area contributed by atoms with Crippen LogP contribution in [-0.4, -0.2) is 11.1 Å². The molecule has 0 aliphatic rings. The van der Waals surface area contributed by atoms with E-state index in [2.05, 4.69) is 6.07 Å². The fraction of sp³-hybridized carbons (Fsp3) is 0. The maximum Gasteiger partial charge on any atom is 0.336 e. The zero-order valence-corrected chi connectivity index (χ0v) is 7.97. The summed E-state index contributed by atoms with van der Waals surface area (Å²) in [6.07, 6.45) is 0. The molecular formula is C13H9O2. The third kappa shape index (κ3) is 1.89. The minimum Gasteiger partial charge on any atom is -0.478 e. The summed E-state index contributed by atoms with van der Waals surface area (Å²) in [5.41, 5.74) is 1.91. The highest BCUT2D eigenvalue weighted by atomic mass is 16.4. The molecule has 0 bridgehead atoms. The van der Waals surface area contributed by atoms with E-state index < -0.39 is 5.97 Å². The average molecular weight is 197 g/mol. The van der Waals surface area contributed by atoms with Crippen LogP contribution in [0.25, 0.3) is 11.1 Å². The first kappa shape index (κ1) is 9.46. The summed E-state index contributed by atoms with van der Waals surface area (Å²) in [5.74, 6) is -0.908. The van der Waals surface area contributed by atoms with Crippen LogP contribution in [0.15, 0.2) is 48.5 Å². The van der Waals surface area contributed by atoms with Gasteiger partial charge in [-0.3, -0.25) is 0 Å². The molecule has 2 aromatic carbocycles. The van der Waals surface area contributed by atoms with E-state index in [0.29, 0.717) is 5.56 Å². The van der Waals surface area contributed by atoms with Crippen LogP contribution in [0.2, 0.25) is 0 Å². The highest BCUT2D eigenvalue weighted by Gasteiger charge is 2.09. The molecule has 0 saturated heterocycles. The van der Waals surface area contributed by atoms with E-state index in [1.807, 2.05) is 18.2 Å². The van der Waals surface area contributed by atoms with Crippen molar-refractivity contribution >= 4 is 5.97 Å². The lowest BCUT2D eigenvalue weighted by atomic mass is 10.00. The summed E-state index contributed by atoms with van der Waals surface area (Å²) in [6, 6.07) is 17.2. The molecule has 0 aliphatic heterocycles. The molecule has 0 atom stereocenters. The largest absolute Gasteiger partial charge is 0.478 e. The van der Waals surface area contributed by atoms with E-state index in [1.165, 1.54) is 0 Å². The Balaban J connectivity index is 2.58. The minimum atomic E-state index is -0.908. The first-order valence-electron chi connectivity index (χ1n) is 4.58. The number of hydrogen-bond acceptors (Lipinski definition) is 1. The highest BCUT2D eigenvalue weighted by molar-refractivity contribution is 5.95. The van der Waals surface area contributed by atoms with Gasteiger partial charge in [0.2, 0.25) is 0 Å². The van der Waals surface area contributed by atoms with Crippen LogP contribution in [0.4, 0.5) is 0 Å². The second kappa shape index (κ2) is 3.96. The van der Waals surface area contributed by atoms with Crippen molar-refractivity contribution in [3.63, 3.8) is 0 Å². The Labute approximate surface area is 87.8 Å². The van der Waals surface area contributed by atoms with Gasteiger partial charge in [-0.15, -0.1) is 0 Å². The third-order valence-corrected chi connectivity index (χ3v) is 2.18. The van der Waals surface area contributed by atoms with Crippen molar-refractivity contribution in [3.05, 3.63) is 60.2 Å². The number of carbonyl (C=O) groups is 1. The Kier molecular flexibility index (Phi) is 2.50. The average Bonchev–Trinajstić information content (AvgIpc) is 2.30. The van der Waals surface area contributed by atoms with Gasteiger partial charge in [0.05, 0.1) is 5.56 Å². The summed E-state index contributed by atoms with van der Waals surface area (Å²) in [5, 5.41) is 9.02. The molecule has 15 heavy (non-hydrogen) atoms. The van der Waals surface area contributed by atoms with Crippen molar-refractivity contribution in [1.29, 1.82) is 0 Å². The summed E-state index contributed by atoms with van der Waals surface area (Å²) >= 11 is 0. The van der Waals surface area contributed by atoms with E-state index in [0.717, 1.165) is 11.1 Å². The molecule has 2 aromatic rings. The molecular weight excluding hydrogens is 188 g/mol. The molecule has 73 valence electrons. The Morgan fingerprint density at radius 1 is 1.13 bits per heavy atom. The number of carboxylic acids is 1. The van der Waals surface area contributed by atoms with E-state index >= 15 is 0 Å². The normalized spacial score (nSPS) is 9.87. The van der Waals surface area contributed by atoms with Crippen LogP contribution in [0.5, 0.6) is 0 Å². The fourth-order valence-electron chi connectivity index (χ4n) is 1.48. The smallest absolute Gasteiger partial charge is 0.336 e. The molecule has 0 saturated carbocycles. The molecule has 2 nitrogen and oxygen atoms in total. The van der Waals surface area contributed by atoms with Crippen molar-refractivity contribution in [3.8, 4) is 11.1 Å². The van der Waals surface area contributed by atoms with Gasteiger partial charge in [-0.2, -0.15) is 0 Å². The van der Waals surface area contributed by atoms with E-state index in [-0.39, 0.29) is 0 Å². The number of carboxylic acid groups (broad SMARTS) is 1. The van der Waals surface area contributed by atoms with Crippen LogP contribution in [0.3, 0.4) is 0 Å². The van der Waals surface area contributed by atoms with Crippen molar-refractivity contribution < 1.29 is 9.90 Å². The predicted molar refractivity (Wildman–Crippen MR) is 57.7 cm³/mol. The van der Waals surface area contributed by atoms with Gasteiger partial charge >= 0.3 is 5.97 Å². The Morgan fingerprint density at radius 2 is 1.93 bits per heavy atom. The topological polar surface area (TPSA) is 37.3 Å². The van der Waals surface area contributed by atoms with Gasteiger partial charge < -0.3 is 5.11 Å². The summed E-state index contributed by atoms with van der Waals surface area (Å²) in [4.78, 5) is 11.0. The molecule has 0 spiro atoms. The number of rotatable bonds is 2. The number of aromatic carboxylic acids is 1. The third-order valence-electron chi connectivity index (χ3n) is 2.18. The monoisotopic (exact) mass is 197 g/mol. The standard InChI is InChI=1S/C13H9O2/c14-13(15)12-9-5-4-8-11(12)10-6-2-1-3-7-10/h1-2,4-9H,(H,14,15). The van der Waals surface area contributed by atoms with Gasteiger partial charge in [-0.05, 0) is 29.3 Å². The van der Waals surface area contributed by atoms with Gasteiger partial charge in [0, 0.05) is 0 Å². The predicted octanol–water partition coefficient (Wildman–Crippen LogP) is 2.85. The molecule has 2 heteroatoms. The quantitative estimate of drug-likeness (QED) is 0.803. The fourth-order valence-corrected chi connectivity index (χ4v) is 1.48. The van der Waals surface area contributed by atoms with Crippen molar-refractivity contribution in [1.82, 2.24) is 0 Å². The van der Waals surface area contributed by atoms with Gasteiger partial charge in [0.25, 0.3) is 0 Å². The summed E-state index contributed by atoms with van der Waals surface area (Å²) < 4.78 is 0.